The molecule has 1 aliphatic rings. The second kappa shape index (κ2) is 10.8. The smallest absolute Gasteiger partial charge is 0.119 e. The summed E-state index contributed by atoms with van der Waals surface area (Å²) in [6.45, 7) is 5.18. The van der Waals surface area contributed by atoms with E-state index in [9.17, 15) is 5.11 Å². The van der Waals surface area contributed by atoms with Crippen LogP contribution in [-0.2, 0) is 19.6 Å². The minimum Gasteiger partial charge on any atom is -0.497 e. The molecule has 1 atom stereocenters. The maximum Gasteiger partial charge on any atom is 0.119 e. The van der Waals surface area contributed by atoms with E-state index in [0.29, 0.717) is 19.7 Å². The Morgan fingerprint density at radius 1 is 1.06 bits per heavy atom. The first-order valence-corrected chi connectivity index (χ1v) is 11.5. The summed E-state index contributed by atoms with van der Waals surface area (Å²) in [4.78, 5) is 4.52. The Morgan fingerprint density at radius 3 is 2.48 bits per heavy atom. The lowest BCUT2D eigenvalue weighted by Crippen LogP contribution is -2.43. The van der Waals surface area contributed by atoms with Crippen molar-refractivity contribution in [2.75, 3.05) is 40.4 Å². The number of methoxy groups -OCH3 is 1. The number of aromatic nitrogens is 2. The Hall–Kier alpha value is -2.87. The van der Waals surface area contributed by atoms with E-state index < -0.39 is 5.60 Å². The minimum atomic E-state index is -0.684. The van der Waals surface area contributed by atoms with Crippen molar-refractivity contribution in [3.63, 3.8) is 0 Å². The van der Waals surface area contributed by atoms with Gasteiger partial charge in [-0.15, -0.1) is 0 Å². The van der Waals surface area contributed by atoms with Gasteiger partial charge in [0.15, 0.2) is 0 Å². The highest BCUT2D eigenvalue weighted by Crippen LogP contribution is 2.25. The Balaban J connectivity index is 1.21. The van der Waals surface area contributed by atoms with Crippen molar-refractivity contribution >= 4 is 0 Å². The molecule has 33 heavy (non-hydrogen) atoms. The van der Waals surface area contributed by atoms with Crippen molar-refractivity contribution in [1.29, 1.82) is 0 Å². The van der Waals surface area contributed by atoms with Gasteiger partial charge < -0.3 is 14.6 Å². The summed E-state index contributed by atoms with van der Waals surface area (Å²) in [5.74, 6) is 1.73. The molecule has 1 fully saturated rings. The molecule has 176 valence electrons. The minimum absolute atomic E-state index is 0.588. The van der Waals surface area contributed by atoms with Crippen LogP contribution in [0.25, 0.3) is 0 Å². The number of hydrogen-bond donors (Lipinski definition) is 1. The third-order valence-corrected chi connectivity index (χ3v) is 6.06. The SMILES string of the molecule is COc1ccc(CN(C)C[C@]2(O)CCN(Cc3ccc(OCCn4cccn4)cc3)C2)cc1. The van der Waals surface area contributed by atoms with Crippen LogP contribution >= 0.6 is 0 Å². The summed E-state index contributed by atoms with van der Waals surface area (Å²) >= 11 is 0. The molecule has 0 spiro atoms. The zero-order chi connectivity index (χ0) is 23.1. The van der Waals surface area contributed by atoms with E-state index in [0.717, 1.165) is 44.1 Å². The fraction of sp³-hybridized carbons (Fsp3) is 0.423. The molecule has 0 aliphatic carbocycles. The number of likely N-dealkylation sites (N-methyl/N-ethyl adjacent to an activating group) is 1. The lowest BCUT2D eigenvalue weighted by molar-refractivity contribution is 0.0162. The second-order valence-electron chi connectivity index (χ2n) is 8.97. The first kappa shape index (κ1) is 23.3. The zero-order valence-corrected chi connectivity index (χ0v) is 19.6. The van der Waals surface area contributed by atoms with Crippen molar-refractivity contribution in [1.82, 2.24) is 19.6 Å². The third kappa shape index (κ3) is 6.81. The summed E-state index contributed by atoms with van der Waals surface area (Å²) in [6.07, 6.45) is 4.49. The number of nitrogens with zero attached hydrogens (tertiary/aromatic N) is 4. The van der Waals surface area contributed by atoms with E-state index in [4.69, 9.17) is 9.47 Å². The van der Waals surface area contributed by atoms with Gasteiger partial charge in [0.1, 0.15) is 18.1 Å². The number of aliphatic hydroxyl groups is 1. The molecule has 1 N–H and O–H groups in total. The fourth-order valence-electron chi connectivity index (χ4n) is 4.44. The third-order valence-electron chi connectivity index (χ3n) is 6.06. The summed E-state index contributed by atoms with van der Waals surface area (Å²) in [5, 5.41) is 15.3. The van der Waals surface area contributed by atoms with E-state index in [1.54, 1.807) is 13.3 Å². The first-order valence-electron chi connectivity index (χ1n) is 11.5. The summed E-state index contributed by atoms with van der Waals surface area (Å²) in [6, 6.07) is 18.3. The fourth-order valence-corrected chi connectivity index (χ4v) is 4.44. The summed E-state index contributed by atoms with van der Waals surface area (Å²) in [5.41, 5.74) is 1.76. The van der Waals surface area contributed by atoms with Gasteiger partial charge in [0.25, 0.3) is 0 Å². The molecule has 3 aromatic rings. The normalized spacial score (nSPS) is 18.7. The number of β-amino-alcohol motifs (C(OH)–C–C–N with tert-alkyl or cyclic N) is 1. The van der Waals surface area contributed by atoms with E-state index in [1.807, 2.05) is 41.2 Å². The Labute approximate surface area is 196 Å². The van der Waals surface area contributed by atoms with Gasteiger partial charge in [0, 0.05) is 45.1 Å². The molecule has 0 amide bonds. The van der Waals surface area contributed by atoms with Crippen LogP contribution in [0.4, 0.5) is 0 Å². The van der Waals surface area contributed by atoms with Crippen molar-refractivity contribution in [3.8, 4) is 11.5 Å². The molecule has 1 saturated heterocycles. The van der Waals surface area contributed by atoms with Crippen LogP contribution in [0.1, 0.15) is 17.5 Å². The molecule has 0 saturated carbocycles. The molecular formula is C26H34N4O3. The van der Waals surface area contributed by atoms with E-state index in [2.05, 4.69) is 46.2 Å². The number of ether oxygens (including phenoxy) is 2. The van der Waals surface area contributed by atoms with Crippen LogP contribution in [0.2, 0.25) is 0 Å². The molecule has 0 radical (unpaired) electrons. The van der Waals surface area contributed by atoms with Crippen molar-refractivity contribution < 1.29 is 14.6 Å². The van der Waals surface area contributed by atoms with Crippen molar-refractivity contribution in [2.45, 2.75) is 31.7 Å². The van der Waals surface area contributed by atoms with Crippen molar-refractivity contribution in [2.24, 2.45) is 0 Å². The number of rotatable bonds is 11. The van der Waals surface area contributed by atoms with Crippen LogP contribution in [0.5, 0.6) is 11.5 Å². The van der Waals surface area contributed by atoms with Crippen LogP contribution in [0, 0.1) is 0 Å². The Kier molecular flexibility index (Phi) is 7.65. The largest absolute Gasteiger partial charge is 0.497 e. The van der Waals surface area contributed by atoms with Crippen LogP contribution < -0.4 is 9.47 Å². The topological polar surface area (TPSA) is 63.0 Å². The van der Waals surface area contributed by atoms with Gasteiger partial charge in [-0.25, -0.2) is 0 Å². The number of benzene rings is 2. The Bertz CT molecular complexity index is 976. The molecule has 2 heterocycles. The van der Waals surface area contributed by atoms with Gasteiger partial charge in [-0.1, -0.05) is 24.3 Å². The summed E-state index contributed by atoms with van der Waals surface area (Å²) in [7, 11) is 3.74. The van der Waals surface area contributed by atoms with E-state index in [-0.39, 0.29) is 0 Å². The molecule has 0 bridgehead atoms. The monoisotopic (exact) mass is 450 g/mol. The van der Waals surface area contributed by atoms with Gasteiger partial charge in [-0.3, -0.25) is 14.5 Å². The van der Waals surface area contributed by atoms with Gasteiger partial charge >= 0.3 is 0 Å². The molecular weight excluding hydrogens is 416 g/mol. The van der Waals surface area contributed by atoms with E-state index >= 15 is 0 Å². The number of likely N-dealkylation sites (tertiary alicyclic amines) is 1. The maximum absolute atomic E-state index is 11.2. The molecule has 1 aromatic heterocycles. The summed E-state index contributed by atoms with van der Waals surface area (Å²) < 4.78 is 12.9. The molecule has 4 rings (SSSR count). The molecule has 2 aromatic carbocycles. The lowest BCUT2D eigenvalue weighted by Gasteiger charge is -2.29. The van der Waals surface area contributed by atoms with Crippen molar-refractivity contribution in [3.05, 3.63) is 78.1 Å². The predicted molar refractivity (Wildman–Crippen MR) is 128 cm³/mol. The average molecular weight is 451 g/mol. The van der Waals surface area contributed by atoms with Gasteiger partial charge in [-0.05, 0) is 54.9 Å². The zero-order valence-electron chi connectivity index (χ0n) is 19.6. The average Bonchev–Trinajstić information content (AvgIpc) is 3.45. The molecule has 1 aliphatic heterocycles. The van der Waals surface area contributed by atoms with Crippen LogP contribution in [0.3, 0.4) is 0 Å². The first-order chi connectivity index (χ1) is 16.0. The highest BCUT2D eigenvalue weighted by molar-refractivity contribution is 5.28. The van der Waals surface area contributed by atoms with E-state index in [1.165, 1.54) is 11.1 Å². The Morgan fingerprint density at radius 2 is 1.79 bits per heavy atom. The standard InChI is InChI=1S/C26H34N4O3/c1-28(18-22-4-8-24(32-2)9-5-22)20-26(31)12-15-29(21-26)19-23-6-10-25(11-7-23)33-17-16-30-14-3-13-27-30/h3-11,13-14,31H,12,15-21H2,1-2H3/t26-/m1/s1. The van der Waals surface area contributed by atoms with Gasteiger partial charge in [-0.2, -0.15) is 5.10 Å². The highest BCUT2D eigenvalue weighted by Gasteiger charge is 2.36. The quantitative estimate of drug-likeness (QED) is 0.485. The molecule has 0 unspecified atom stereocenters. The molecule has 7 heteroatoms. The highest BCUT2D eigenvalue weighted by atomic mass is 16.5. The molecule has 7 nitrogen and oxygen atoms in total. The van der Waals surface area contributed by atoms with Crippen LogP contribution in [-0.4, -0.2) is 70.7 Å². The predicted octanol–water partition coefficient (Wildman–Crippen LogP) is 3.04. The number of hydrogen-bond acceptors (Lipinski definition) is 6. The van der Waals surface area contributed by atoms with Gasteiger partial charge in [0.2, 0.25) is 0 Å². The lowest BCUT2D eigenvalue weighted by atomic mass is 10.0. The van der Waals surface area contributed by atoms with Crippen LogP contribution in [0.15, 0.2) is 67.0 Å². The van der Waals surface area contributed by atoms with Gasteiger partial charge in [0.05, 0.1) is 19.3 Å². The second-order valence-corrected chi connectivity index (χ2v) is 8.97. The maximum atomic E-state index is 11.2.